The van der Waals surface area contributed by atoms with Gasteiger partial charge in [0.05, 0.1) is 25.2 Å². The molecule has 1 spiro atoms. The van der Waals surface area contributed by atoms with Crippen LogP contribution in [0.25, 0.3) is 0 Å². The van der Waals surface area contributed by atoms with Crippen molar-refractivity contribution in [2.24, 2.45) is 29.6 Å². The van der Waals surface area contributed by atoms with E-state index in [2.05, 4.69) is 52.6 Å². The third kappa shape index (κ3) is 4.28. The molecular formula is C26H44O4Si. The molecule has 0 amide bonds. The van der Waals surface area contributed by atoms with E-state index in [0.717, 1.165) is 12.8 Å². The zero-order valence-electron chi connectivity index (χ0n) is 20.6. The Morgan fingerprint density at radius 3 is 2.29 bits per heavy atom. The molecule has 4 nitrogen and oxygen atoms in total. The van der Waals surface area contributed by atoms with Crippen LogP contribution in [0.2, 0.25) is 18.1 Å². The van der Waals surface area contributed by atoms with Crippen molar-refractivity contribution in [1.82, 2.24) is 0 Å². The van der Waals surface area contributed by atoms with Gasteiger partial charge in [-0.2, -0.15) is 0 Å². The van der Waals surface area contributed by atoms with Crippen LogP contribution in [-0.4, -0.2) is 44.6 Å². The third-order valence-electron chi connectivity index (χ3n) is 9.23. The minimum absolute atomic E-state index is 0.00119. The molecule has 4 rings (SSSR count). The van der Waals surface area contributed by atoms with E-state index < -0.39 is 14.1 Å². The van der Waals surface area contributed by atoms with E-state index in [1.807, 2.05) is 0 Å². The Labute approximate surface area is 190 Å². The first kappa shape index (κ1) is 23.8. The highest BCUT2D eigenvalue weighted by Crippen LogP contribution is 2.61. The molecule has 0 radical (unpaired) electrons. The standard InChI is InChI=1S/C26H44O4Si/c1-18-24-20(22(27)14-13-21(24)26(18)28-16-17-29-26)12-15-23(19-10-8-7-9-11-19)30-31(5,6)25(2,3)4/h18-24,27H,7-11,13-14,16-17H2,1-6H3/t18-,20-,21-,22+,23+,24+/m0/s1. The number of aliphatic hydroxyl groups excluding tert-OH is 1. The van der Waals surface area contributed by atoms with Gasteiger partial charge in [-0.1, -0.05) is 58.8 Å². The second-order valence-corrected chi connectivity index (χ2v) is 16.8. The molecular weight excluding hydrogens is 404 g/mol. The Kier molecular flexibility index (Phi) is 6.72. The highest BCUT2D eigenvalue weighted by Gasteiger charge is 2.67. The molecule has 1 N–H and O–H groups in total. The first-order valence-electron chi connectivity index (χ1n) is 12.7. The Hall–Kier alpha value is -0.383. The average Bonchev–Trinajstić information content (AvgIpc) is 3.24. The van der Waals surface area contributed by atoms with Crippen molar-refractivity contribution in [3.63, 3.8) is 0 Å². The van der Waals surface area contributed by atoms with Gasteiger partial charge in [-0.05, 0) is 55.7 Å². The summed E-state index contributed by atoms with van der Waals surface area (Å²) < 4.78 is 19.1. The number of ether oxygens (including phenoxy) is 2. The van der Waals surface area contributed by atoms with E-state index in [0.29, 0.717) is 31.0 Å². The Morgan fingerprint density at radius 2 is 1.68 bits per heavy atom. The normalized spacial score (nSPS) is 36.9. The van der Waals surface area contributed by atoms with Gasteiger partial charge >= 0.3 is 0 Å². The zero-order chi connectivity index (χ0) is 22.4. The van der Waals surface area contributed by atoms with Crippen LogP contribution in [0.5, 0.6) is 0 Å². The second-order valence-electron chi connectivity index (χ2n) is 12.0. The largest absolute Gasteiger partial charge is 0.403 e. The van der Waals surface area contributed by atoms with Gasteiger partial charge < -0.3 is 19.0 Å². The van der Waals surface area contributed by atoms with Crippen molar-refractivity contribution in [2.75, 3.05) is 13.2 Å². The van der Waals surface area contributed by atoms with Gasteiger partial charge in [0.1, 0.15) is 6.10 Å². The zero-order valence-corrected chi connectivity index (χ0v) is 21.6. The molecule has 0 bridgehead atoms. The van der Waals surface area contributed by atoms with Gasteiger partial charge in [-0.3, -0.25) is 0 Å². The average molecular weight is 449 g/mol. The molecule has 0 aromatic rings. The van der Waals surface area contributed by atoms with Crippen molar-refractivity contribution in [3.05, 3.63) is 0 Å². The quantitative estimate of drug-likeness (QED) is 0.467. The molecule has 3 saturated carbocycles. The first-order chi connectivity index (χ1) is 14.6. The van der Waals surface area contributed by atoms with Gasteiger partial charge in [-0.25, -0.2) is 0 Å². The van der Waals surface area contributed by atoms with Gasteiger partial charge in [0, 0.05) is 11.8 Å². The smallest absolute Gasteiger partial charge is 0.193 e. The number of hydrogen-bond donors (Lipinski definition) is 1. The molecule has 4 aliphatic rings. The van der Waals surface area contributed by atoms with Gasteiger partial charge in [0.2, 0.25) is 0 Å². The molecule has 1 heterocycles. The Bertz CT molecular complexity index is 690. The number of fused-ring (bicyclic) bond motifs is 2. The molecule has 6 atom stereocenters. The highest BCUT2D eigenvalue weighted by molar-refractivity contribution is 6.74. The fraction of sp³-hybridized carbons (Fsp3) is 0.923. The summed E-state index contributed by atoms with van der Waals surface area (Å²) in [6.45, 7) is 15.2. The molecule has 5 heteroatoms. The van der Waals surface area contributed by atoms with Gasteiger partial charge in [0.15, 0.2) is 14.1 Å². The van der Waals surface area contributed by atoms with Crippen molar-refractivity contribution in [2.45, 2.75) is 109 Å². The van der Waals surface area contributed by atoms with Crippen LogP contribution in [0.1, 0.15) is 72.6 Å². The van der Waals surface area contributed by atoms with E-state index in [9.17, 15) is 5.11 Å². The summed E-state index contributed by atoms with van der Waals surface area (Å²) in [5, 5.41) is 11.1. The van der Waals surface area contributed by atoms with Crippen LogP contribution >= 0.6 is 0 Å². The second kappa shape index (κ2) is 8.76. The molecule has 176 valence electrons. The predicted molar refractivity (Wildman–Crippen MR) is 126 cm³/mol. The van der Waals surface area contributed by atoms with Crippen molar-refractivity contribution in [1.29, 1.82) is 0 Å². The minimum atomic E-state index is -1.92. The summed E-state index contributed by atoms with van der Waals surface area (Å²) in [5.74, 6) is 8.34. The third-order valence-corrected chi connectivity index (χ3v) is 13.7. The fourth-order valence-corrected chi connectivity index (χ4v) is 7.55. The lowest BCUT2D eigenvalue weighted by molar-refractivity contribution is -0.334. The molecule has 1 aliphatic heterocycles. The lowest BCUT2D eigenvalue weighted by Gasteiger charge is -2.61. The molecule has 0 aromatic heterocycles. The summed E-state index contributed by atoms with van der Waals surface area (Å²) >= 11 is 0. The van der Waals surface area contributed by atoms with E-state index in [-0.39, 0.29) is 29.1 Å². The Balaban J connectivity index is 1.56. The van der Waals surface area contributed by atoms with E-state index >= 15 is 0 Å². The first-order valence-corrected chi connectivity index (χ1v) is 15.6. The van der Waals surface area contributed by atoms with E-state index in [4.69, 9.17) is 13.9 Å². The van der Waals surface area contributed by atoms with Crippen molar-refractivity contribution in [3.8, 4) is 11.8 Å². The van der Waals surface area contributed by atoms with Crippen molar-refractivity contribution < 1.29 is 19.0 Å². The van der Waals surface area contributed by atoms with E-state index in [1.54, 1.807) is 0 Å². The van der Waals surface area contributed by atoms with Gasteiger partial charge in [0.25, 0.3) is 0 Å². The van der Waals surface area contributed by atoms with Crippen LogP contribution in [0.4, 0.5) is 0 Å². The minimum Gasteiger partial charge on any atom is -0.403 e. The van der Waals surface area contributed by atoms with Crippen molar-refractivity contribution >= 4 is 8.32 Å². The maximum atomic E-state index is 10.9. The Morgan fingerprint density at radius 1 is 1.03 bits per heavy atom. The monoisotopic (exact) mass is 448 g/mol. The molecule has 0 unspecified atom stereocenters. The van der Waals surface area contributed by atoms with Crippen LogP contribution in [0.3, 0.4) is 0 Å². The number of rotatable bonds is 3. The summed E-state index contributed by atoms with van der Waals surface area (Å²) in [5.41, 5.74) is 0. The summed E-state index contributed by atoms with van der Waals surface area (Å²) in [4.78, 5) is 0. The van der Waals surface area contributed by atoms with Crippen LogP contribution in [-0.2, 0) is 13.9 Å². The maximum absolute atomic E-state index is 10.9. The molecule has 4 fully saturated rings. The lowest BCUT2D eigenvalue weighted by Crippen LogP contribution is -2.67. The summed E-state index contributed by atoms with van der Waals surface area (Å²) in [6, 6.07) is 0. The van der Waals surface area contributed by atoms with E-state index in [1.165, 1.54) is 32.1 Å². The SMILES string of the molecule is C[C@H]1[C@@H]2[C@@H](C#C[C@@H](O[Si](C)(C)C(C)(C)C)C3CCCCC3)[C@H](O)CC[C@@H]2C12OCCO2. The molecule has 3 aliphatic carbocycles. The van der Waals surface area contributed by atoms with Crippen LogP contribution < -0.4 is 0 Å². The highest BCUT2D eigenvalue weighted by atomic mass is 28.4. The summed E-state index contributed by atoms with van der Waals surface area (Å²) in [7, 11) is -1.92. The predicted octanol–water partition coefficient (Wildman–Crippen LogP) is 5.36. The number of aliphatic hydroxyl groups is 1. The molecule has 1 saturated heterocycles. The topological polar surface area (TPSA) is 47.9 Å². The maximum Gasteiger partial charge on any atom is 0.193 e. The number of hydrogen-bond acceptors (Lipinski definition) is 4. The van der Waals surface area contributed by atoms with Crippen LogP contribution in [0, 0.1) is 41.4 Å². The summed E-state index contributed by atoms with van der Waals surface area (Å²) in [6.07, 6.45) is 7.75. The molecule has 31 heavy (non-hydrogen) atoms. The van der Waals surface area contributed by atoms with Crippen LogP contribution in [0.15, 0.2) is 0 Å². The lowest BCUT2D eigenvalue weighted by atomic mass is 9.50. The van der Waals surface area contributed by atoms with Gasteiger partial charge in [-0.15, -0.1) is 0 Å². The fourth-order valence-electron chi connectivity index (χ4n) is 6.31. The molecule has 0 aromatic carbocycles.